The fraction of sp³-hybridized carbons (Fsp3) is 0.333. The lowest BCUT2D eigenvalue weighted by molar-refractivity contribution is 0.254. The molecule has 0 radical (unpaired) electrons. The van der Waals surface area contributed by atoms with Crippen LogP contribution in [0.1, 0.15) is 29.5 Å². The SMILES string of the molecule is CCCN(Cc1ccc(Cl)cc1)Cc1cc(=O)n2cc(C)sc2n1. The Balaban J connectivity index is 1.82. The first-order chi connectivity index (χ1) is 11.5. The maximum atomic E-state index is 12.2. The zero-order valence-electron chi connectivity index (χ0n) is 13.8. The van der Waals surface area contributed by atoms with Gasteiger partial charge in [-0.3, -0.25) is 14.1 Å². The van der Waals surface area contributed by atoms with Crippen molar-refractivity contribution in [2.75, 3.05) is 6.54 Å². The zero-order chi connectivity index (χ0) is 17.1. The number of aromatic nitrogens is 2. The fourth-order valence-electron chi connectivity index (χ4n) is 2.75. The second-order valence-corrected chi connectivity index (χ2v) is 7.57. The summed E-state index contributed by atoms with van der Waals surface area (Å²) in [6, 6.07) is 9.54. The first kappa shape index (κ1) is 17.1. The van der Waals surface area contributed by atoms with Crippen molar-refractivity contribution in [1.82, 2.24) is 14.3 Å². The van der Waals surface area contributed by atoms with Gasteiger partial charge < -0.3 is 0 Å². The van der Waals surface area contributed by atoms with Crippen LogP contribution in [0.5, 0.6) is 0 Å². The van der Waals surface area contributed by atoms with Crippen LogP contribution in [0, 0.1) is 6.92 Å². The van der Waals surface area contributed by atoms with Gasteiger partial charge in [0.1, 0.15) is 0 Å². The molecule has 2 heterocycles. The van der Waals surface area contributed by atoms with E-state index in [1.54, 1.807) is 21.8 Å². The van der Waals surface area contributed by atoms with Gasteiger partial charge in [0.05, 0.1) is 5.69 Å². The van der Waals surface area contributed by atoms with Gasteiger partial charge in [-0.2, -0.15) is 0 Å². The van der Waals surface area contributed by atoms with Crippen LogP contribution >= 0.6 is 22.9 Å². The second kappa shape index (κ2) is 7.47. The average Bonchev–Trinajstić information content (AvgIpc) is 2.91. The van der Waals surface area contributed by atoms with Gasteiger partial charge in [-0.15, -0.1) is 11.3 Å². The third-order valence-electron chi connectivity index (χ3n) is 3.78. The summed E-state index contributed by atoms with van der Waals surface area (Å²) in [7, 11) is 0. The van der Waals surface area contributed by atoms with Crippen molar-refractivity contribution in [2.24, 2.45) is 0 Å². The minimum Gasteiger partial charge on any atom is -0.293 e. The minimum absolute atomic E-state index is 0.0118. The van der Waals surface area contributed by atoms with Gasteiger partial charge in [0, 0.05) is 35.3 Å². The van der Waals surface area contributed by atoms with Gasteiger partial charge in [0.25, 0.3) is 5.56 Å². The van der Waals surface area contributed by atoms with Crippen LogP contribution in [0.25, 0.3) is 4.96 Å². The summed E-state index contributed by atoms with van der Waals surface area (Å²) in [6.07, 6.45) is 2.89. The maximum absolute atomic E-state index is 12.2. The number of nitrogens with zero attached hydrogens (tertiary/aromatic N) is 3. The Labute approximate surface area is 150 Å². The summed E-state index contributed by atoms with van der Waals surface area (Å²) < 4.78 is 1.62. The first-order valence-electron chi connectivity index (χ1n) is 8.00. The van der Waals surface area contributed by atoms with Gasteiger partial charge in [-0.05, 0) is 37.6 Å². The Kier molecular flexibility index (Phi) is 5.33. The Bertz CT molecular complexity index is 885. The molecule has 0 aliphatic rings. The van der Waals surface area contributed by atoms with Crippen LogP contribution in [0.15, 0.2) is 41.3 Å². The smallest absolute Gasteiger partial charge is 0.258 e. The topological polar surface area (TPSA) is 37.6 Å². The maximum Gasteiger partial charge on any atom is 0.258 e. The lowest BCUT2D eigenvalue weighted by Gasteiger charge is -2.21. The van der Waals surface area contributed by atoms with E-state index in [1.807, 2.05) is 37.4 Å². The predicted octanol–water partition coefficient (Wildman–Crippen LogP) is 4.13. The molecule has 3 rings (SSSR count). The van der Waals surface area contributed by atoms with Gasteiger partial charge in [-0.25, -0.2) is 4.98 Å². The largest absolute Gasteiger partial charge is 0.293 e. The Morgan fingerprint density at radius 2 is 2.00 bits per heavy atom. The molecule has 2 aromatic heterocycles. The number of aryl methyl sites for hydroxylation is 1. The van der Waals surface area contributed by atoms with Crippen LogP contribution in [0.2, 0.25) is 5.02 Å². The lowest BCUT2D eigenvalue weighted by atomic mass is 10.2. The van der Waals surface area contributed by atoms with Crippen molar-refractivity contribution in [3.05, 3.63) is 68.0 Å². The van der Waals surface area contributed by atoms with Crippen molar-refractivity contribution in [1.29, 1.82) is 0 Å². The van der Waals surface area contributed by atoms with Gasteiger partial charge in [-0.1, -0.05) is 30.7 Å². The highest BCUT2D eigenvalue weighted by atomic mass is 35.5. The zero-order valence-corrected chi connectivity index (χ0v) is 15.4. The summed E-state index contributed by atoms with van der Waals surface area (Å²) in [4.78, 5) is 21.1. The Morgan fingerprint density at radius 1 is 1.25 bits per heavy atom. The van der Waals surface area contributed by atoms with E-state index in [9.17, 15) is 4.79 Å². The predicted molar refractivity (Wildman–Crippen MR) is 99.9 cm³/mol. The van der Waals surface area contributed by atoms with Crippen molar-refractivity contribution < 1.29 is 0 Å². The summed E-state index contributed by atoms with van der Waals surface area (Å²) in [5.74, 6) is 0. The highest BCUT2D eigenvalue weighted by molar-refractivity contribution is 7.16. The quantitative estimate of drug-likeness (QED) is 0.662. The molecule has 0 spiro atoms. The van der Waals surface area contributed by atoms with E-state index < -0.39 is 0 Å². The Hall–Kier alpha value is -1.69. The standard InChI is InChI=1S/C18H20ClN3OS/c1-3-8-21(11-14-4-6-15(19)7-5-14)12-16-9-17(23)22-10-13(2)24-18(22)20-16/h4-7,9-10H,3,8,11-12H2,1-2H3. The molecule has 0 N–H and O–H groups in total. The number of hydrogen-bond acceptors (Lipinski definition) is 4. The van der Waals surface area contributed by atoms with Crippen molar-refractivity contribution in [2.45, 2.75) is 33.4 Å². The molecule has 126 valence electrons. The molecule has 0 aliphatic carbocycles. The molecule has 24 heavy (non-hydrogen) atoms. The van der Waals surface area contributed by atoms with E-state index in [0.717, 1.165) is 40.1 Å². The van der Waals surface area contributed by atoms with Crippen LogP contribution < -0.4 is 5.56 Å². The molecular weight excluding hydrogens is 342 g/mol. The van der Waals surface area contributed by atoms with Crippen molar-refractivity contribution in [3.63, 3.8) is 0 Å². The van der Waals surface area contributed by atoms with E-state index in [0.29, 0.717) is 6.54 Å². The summed E-state index contributed by atoms with van der Waals surface area (Å²) in [5.41, 5.74) is 2.02. The number of benzene rings is 1. The Morgan fingerprint density at radius 3 is 2.71 bits per heavy atom. The number of fused-ring (bicyclic) bond motifs is 1. The van der Waals surface area contributed by atoms with Gasteiger partial charge in [0.2, 0.25) is 0 Å². The van der Waals surface area contributed by atoms with E-state index >= 15 is 0 Å². The third-order valence-corrected chi connectivity index (χ3v) is 4.93. The summed E-state index contributed by atoms with van der Waals surface area (Å²) in [5, 5.41) is 0.744. The number of rotatable bonds is 6. The molecule has 0 unspecified atom stereocenters. The van der Waals surface area contributed by atoms with Crippen molar-refractivity contribution >= 4 is 27.9 Å². The van der Waals surface area contributed by atoms with Gasteiger partial charge in [0.15, 0.2) is 4.96 Å². The molecule has 0 bridgehead atoms. The normalized spacial score (nSPS) is 11.5. The highest BCUT2D eigenvalue weighted by Gasteiger charge is 2.10. The first-order valence-corrected chi connectivity index (χ1v) is 9.20. The molecule has 0 fully saturated rings. The molecule has 3 aromatic rings. The van der Waals surface area contributed by atoms with Crippen LogP contribution in [0.3, 0.4) is 0 Å². The molecular formula is C18H20ClN3OS. The highest BCUT2D eigenvalue weighted by Crippen LogP contribution is 2.16. The van der Waals surface area contributed by atoms with E-state index in [4.69, 9.17) is 11.6 Å². The average molecular weight is 362 g/mol. The van der Waals surface area contributed by atoms with Crippen LogP contribution in [-0.2, 0) is 13.1 Å². The van der Waals surface area contributed by atoms with E-state index in [2.05, 4.69) is 16.8 Å². The second-order valence-electron chi connectivity index (χ2n) is 5.92. The van der Waals surface area contributed by atoms with Crippen LogP contribution in [-0.4, -0.2) is 20.8 Å². The molecule has 0 atom stereocenters. The summed E-state index contributed by atoms with van der Waals surface area (Å²) >= 11 is 7.50. The fourth-order valence-corrected chi connectivity index (χ4v) is 3.72. The van der Waals surface area contributed by atoms with Crippen LogP contribution in [0.4, 0.5) is 0 Å². The molecule has 0 saturated heterocycles. The van der Waals surface area contributed by atoms with Gasteiger partial charge >= 0.3 is 0 Å². The molecule has 6 heteroatoms. The summed E-state index contributed by atoms with van der Waals surface area (Å²) in [6.45, 7) is 6.58. The monoisotopic (exact) mass is 361 g/mol. The molecule has 1 aromatic carbocycles. The number of hydrogen-bond donors (Lipinski definition) is 0. The van der Waals surface area contributed by atoms with E-state index in [1.165, 1.54) is 5.56 Å². The van der Waals surface area contributed by atoms with Crippen molar-refractivity contribution in [3.8, 4) is 0 Å². The molecule has 0 amide bonds. The molecule has 0 aliphatic heterocycles. The molecule has 0 saturated carbocycles. The lowest BCUT2D eigenvalue weighted by Crippen LogP contribution is -2.25. The molecule has 4 nitrogen and oxygen atoms in total. The van der Waals surface area contributed by atoms with E-state index in [-0.39, 0.29) is 5.56 Å². The number of thiazole rings is 1. The third kappa shape index (κ3) is 4.04. The number of halogens is 1. The minimum atomic E-state index is -0.0118.